The van der Waals surface area contributed by atoms with Crippen molar-refractivity contribution in [2.75, 3.05) is 6.54 Å². The van der Waals surface area contributed by atoms with Gasteiger partial charge in [-0.05, 0) is 17.7 Å². The maximum absolute atomic E-state index is 10.7. The summed E-state index contributed by atoms with van der Waals surface area (Å²) in [7, 11) is 0. The van der Waals surface area contributed by atoms with Crippen LogP contribution in [0.15, 0.2) is 35.3 Å². The summed E-state index contributed by atoms with van der Waals surface area (Å²) in [5, 5.41) is 11.9. The van der Waals surface area contributed by atoms with E-state index in [0.717, 1.165) is 16.6 Å². The van der Waals surface area contributed by atoms with E-state index in [1.807, 2.05) is 0 Å². The number of rotatable bonds is 5. The van der Waals surface area contributed by atoms with Crippen LogP contribution in [0.1, 0.15) is 15.9 Å². The fourth-order valence-corrected chi connectivity index (χ4v) is 1.65. The van der Waals surface area contributed by atoms with Crippen LogP contribution in [-0.2, 0) is 6.54 Å². The second-order valence-corrected chi connectivity index (χ2v) is 3.89. The highest BCUT2D eigenvalue weighted by molar-refractivity contribution is 9.10. The molecular weight excluding hydrogens is 258 g/mol. The maximum Gasteiger partial charge on any atom is 0.335 e. The molecule has 0 saturated carbocycles. The van der Waals surface area contributed by atoms with Crippen molar-refractivity contribution in [2.24, 2.45) is 0 Å². The lowest BCUT2D eigenvalue weighted by atomic mass is 10.1. The minimum atomic E-state index is -0.915. The molecule has 0 aliphatic heterocycles. The van der Waals surface area contributed by atoms with Crippen LogP contribution in [0.5, 0.6) is 0 Å². The Balaban J connectivity index is 2.74. The van der Waals surface area contributed by atoms with Crippen molar-refractivity contribution < 1.29 is 9.90 Å². The number of carbonyl (C=O) groups is 1. The number of benzene rings is 1. The highest BCUT2D eigenvalue weighted by Crippen LogP contribution is 2.18. The zero-order valence-electron chi connectivity index (χ0n) is 8.16. The van der Waals surface area contributed by atoms with Crippen molar-refractivity contribution in [2.45, 2.75) is 6.54 Å². The molecule has 0 aliphatic carbocycles. The van der Waals surface area contributed by atoms with Gasteiger partial charge in [-0.25, -0.2) is 4.79 Å². The van der Waals surface area contributed by atoms with E-state index < -0.39 is 5.97 Å². The van der Waals surface area contributed by atoms with Crippen molar-refractivity contribution in [3.8, 4) is 0 Å². The topological polar surface area (TPSA) is 49.3 Å². The van der Waals surface area contributed by atoms with Crippen molar-refractivity contribution in [3.05, 3.63) is 46.5 Å². The fraction of sp³-hybridized carbons (Fsp3) is 0.182. The van der Waals surface area contributed by atoms with Crippen LogP contribution in [-0.4, -0.2) is 17.6 Å². The summed E-state index contributed by atoms with van der Waals surface area (Å²) in [5.41, 5.74) is 1.32. The average molecular weight is 270 g/mol. The Bertz CT molecular complexity index is 377. The van der Waals surface area contributed by atoms with Gasteiger partial charge in [0.2, 0.25) is 0 Å². The lowest BCUT2D eigenvalue weighted by Crippen LogP contribution is -2.13. The summed E-state index contributed by atoms with van der Waals surface area (Å²) in [4.78, 5) is 10.7. The standard InChI is InChI=1S/C11H12BrNO2/c1-2-5-13-7-9-4-3-8(11(14)15)6-10(9)12/h2-4,6,13H,1,5,7H2,(H,14,15). The fourth-order valence-electron chi connectivity index (χ4n) is 1.13. The Kier molecular flexibility index (Phi) is 4.52. The first-order chi connectivity index (χ1) is 7.15. The molecule has 0 bridgehead atoms. The van der Waals surface area contributed by atoms with Gasteiger partial charge in [0.1, 0.15) is 0 Å². The molecule has 2 N–H and O–H groups in total. The monoisotopic (exact) mass is 269 g/mol. The molecule has 0 aromatic heterocycles. The number of nitrogens with one attached hydrogen (secondary N) is 1. The average Bonchev–Trinajstić information content (AvgIpc) is 2.20. The van der Waals surface area contributed by atoms with E-state index in [2.05, 4.69) is 27.8 Å². The first-order valence-corrected chi connectivity index (χ1v) is 5.27. The molecule has 0 heterocycles. The van der Waals surface area contributed by atoms with Gasteiger partial charge < -0.3 is 10.4 Å². The first kappa shape index (κ1) is 11.9. The molecule has 0 radical (unpaired) electrons. The summed E-state index contributed by atoms with van der Waals surface area (Å²) in [6.07, 6.45) is 1.78. The number of aromatic carboxylic acids is 1. The minimum Gasteiger partial charge on any atom is -0.478 e. The van der Waals surface area contributed by atoms with E-state index in [9.17, 15) is 4.79 Å². The predicted octanol–water partition coefficient (Wildman–Crippen LogP) is 2.42. The largest absolute Gasteiger partial charge is 0.478 e. The lowest BCUT2D eigenvalue weighted by Gasteiger charge is -2.05. The minimum absolute atomic E-state index is 0.286. The summed E-state index contributed by atoms with van der Waals surface area (Å²) < 4.78 is 0.805. The van der Waals surface area contributed by atoms with Crippen LogP contribution in [0.2, 0.25) is 0 Å². The van der Waals surface area contributed by atoms with Crippen molar-refractivity contribution in [1.82, 2.24) is 5.32 Å². The maximum atomic E-state index is 10.7. The van der Waals surface area contributed by atoms with Gasteiger partial charge in [-0.3, -0.25) is 0 Å². The van der Waals surface area contributed by atoms with Crippen molar-refractivity contribution >= 4 is 21.9 Å². The number of halogens is 1. The number of carboxylic acids is 1. The van der Waals surface area contributed by atoms with E-state index >= 15 is 0 Å². The summed E-state index contributed by atoms with van der Waals surface area (Å²) in [6, 6.07) is 4.99. The molecule has 3 nitrogen and oxygen atoms in total. The lowest BCUT2D eigenvalue weighted by molar-refractivity contribution is 0.0697. The molecule has 0 fully saturated rings. The first-order valence-electron chi connectivity index (χ1n) is 4.48. The Labute approximate surface area is 96.9 Å². The molecule has 0 unspecified atom stereocenters. The molecule has 1 aromatic carbocycles. The number of carboxylic acid groups (broad SMARTS) is 1. The third-order valence-electron chi connectivity index (χ3n) is 1.90. The molecule has 0 amide bonds. The second-order valence-electron chi connectivity index (χ2n) is 3.03. The van der Waals surface area contributed by atoms with Gasteiger partial charge >= 0.3 is 5.97 Å². The molecule has 4 heteroatoms. The third kappa shape index (κ3) is 3.49. The van der Waals surface area contributed by atoms with Gasteiger partial charge in [-0.15, -0.1) is 6.58 Å². The van der Waals surface area contributed by atoms with E-state index in [1.165, 1.54) is 0 Å². The molecule has 0 saturated heterocycles. The van der Waals surface area contributed by atoms with Gasteiger partial charge in [0, 0.05) is 17.6 Å². The zero-order valence-corrected chi connectivity index (χ0v) is 9.75. The summed E-state index contributed by atoms with van der Waals surface area (Å²) >= 11 is 3.34. The van der Waals surface area contributed by atoms with Crippen LogP contribution in [0.4, 0.5) is 0 Å². The Hall–Kier alpha value is -1.13. The molecule has 0 atom stereocenters. The third-order valence-corrected chi connectivity index (χ3v) is 2.64. The highest BCUT2D eigenvalue weighted by atomic mass is 79.9. The number of hydrogen-bond donors (Lipinski definition) is 2. The predicted molar refractivity (Wildman–Crippen MR) is 63.0 cm³/mol. The zero-order chi connectivity index (χ0) is 11.3. The van der Waals surface area contributed by atoms with E-state index in [0.29, 0.717) is 6.54 Å². The normalized spacial score (nSPS) is 9.93. The molecule has 1 rings (SSSR count). The number of hydrogen-bond acceptors (Lipinski definition) is 2. The summed E-state index contributed by atoms with van der Waals surface area (Å²) in [6.45, 7) is 5.02. The van der Waals surface area contributed by atoms with Crippen molar-refractivity contribution in [1.29, 1.82) is 0 Å². The van der Waals surface area contributed by atoms with Gasteiger partial charge in [0.15, 0.2) is 0 Å². The van der Waals surface area contributed by atoms with Crippen molar-refractivity contribution in [3.63, 3.8) is 0 Å². The van der Waals surface area contributed by atoms with Gasteiger partial charge in [-0.1, -0.05) is 28.1 Å². The molecule has 0 aliphatic rings. The van der Waals surface area contributed by atoms with Crippen LogP contribution >= 0.6 is 15.9 Å². The molecular formula is C11H12BrNO2. The summed E-state index contributed by atoms with van der Waals surface area (Å²) in [5.74, 6) is -0.915. The van der Waals surface area contributed by atoms with Crippen LogP contribution in [0, 0.1) is 0 Å². The molecule has 0 spiro atoms. The van der Waals surface area contributed by atoms with Gasteiger partial charge in [-0.2, -0.15) is 0 Å². The SMILES string of the molecule is C=CCNCc1ccc(C(=O)O)cc1Br. The van der Waals surface area contributed by atoms with Gasteiger partial charge in [0.05, 0.1) is 5.56 Å². The highest BCUT2D eigenvalue weighted by Gasteiger charge is 2.05. The van der Waals surface area contributed by atoms with E-state index in [-0.39, 0.29) is 5.56 Å². The van der Waals surface area contributed by atoms with Crippen LogP contribution in [0.3, 0.4) is 0 Å². The van der Waals surface area contributed by atoms with E-state index in [4.69, 9.17) is 5.11 Å². The van der Waals surface area contributed by atoms with Gasteiger partial charge in [0.25, 0.3) is 0 Å². The second kappa shape index (κ2) is 5.68. The molecule has 80 valence electrons. The smallest absolute Gasteiger partial charge is 0.335 e. The molecule has 15 heavy (non-hydrogen) atoms. The van der Waals surface area contributed by atoms with E-state index in [1.54, 1.807) is 24.3 Å². The quantitative estimate of drug-likeness (QED) is 0.638. The Morgan fingerprint density at radius 1 is 1.60 bits per heavy atom. The molecule has 1 aromatic rings. The Morgan fingerprint density at radius 3 is 2.87 bits per heavy atom. The Morgan fingerprint density at radius 2 is 2.33 bits per heavy atom. The van der Waals surface area contributed by atoms with Crippen LogP contribution < -0.4 is 5.32 Å². The van der Waals surface area contributed by atoms with Crippen LogP contribution in [0.25, 0.3) is 0 Å².